The van der Waals surface area contributed by atoms with Crippen LogP contribution in [0.4, 0.5) is 11.4 Å². The summed E-state index contributed by atoms with van der Waals surface area (Å²) in [4.78, 5) is 24.5. The summed E-state index contributed by atoms with van der Waals surface area (Å²) in [7, 11) is 0. The number of carbonyl (C=O) groups is 2. The molecule has 2 aromatic carbocycles. The van der Waals surface area contributed by atoms with Gasteiger partial charge in [0, 0.05) is 24.7 Å². The third kappa shape index (κ3) is 7.92. The minimum atomic E-state index is -0.120. The molecule has 0 spiro atoms. The highest BCUT2D eigenvalue weighted by Gasteiger charge is 2.12. The molecular formula is C21H28N3O3+. The van der Waals surface area contributed by atoms with Gasteiger partial charge in [-0.05, 0) is 43.3 Å². The average molecular weight is 370 g/mol. The zero-order valence-corrected chi connectivity index (χ0v) is 16.0. The molecule has 1 atom stereocenters. The minimum Gasteiger partial charge on any atom is -0.493 e. The molecule has 0 saturated heterocycles. The largest absolute Gasteiger partial charge is 0.493 e. The first-order chi connectivity index (χ1) is 13.1. The van der Waals surface area contributed by atoms with Gasteiger partial charge in [-0.3, -0.25) is 9.59 Å². The Hall–Kier alpha value is -2.86. The van der Waals surface area contributed by atoms with Crippen LogP contribution in [0.2, 0.25) is 0 Å². The highest BCUT2D eigenvalue weighted by atomic mass is 16.5. The van der Waals surface area contributed by atoms with Crippen LogP contribution >= 0.6 is 0 Å². The molecule has 1 unspecified atom stereocenters. The van der Waals surface area contributed by atoms with E-state index in [-0.39, 0.29) is 11.8 Å². The van der Waals surface area contributed by atoms with Crippen molar-refractivity contribution in [3.63, 3.8) is 0 Å². The number of nitrogens with one attached hydrogen (secondary N) is 3. The van der Waals surface area contributed by atoms with E-state index in [1.54, 1.807) is 24.3 Å². The zero-order chi connectivity index (χ0) is 19.5. The molecule has 0 saturated carbocycles. The van der Waals surface area contributed by atoms with Gasteiger partial charge < -0.3 is 20.3 Å². The van der Waals surface area contributed by atoms with Crippen molar-refractivity contribution >= 4 is 23.2 Å². The Morgan fingerprint density at radius 3 is 2.19 bits per heavy atom. The van der Waals surface area contributed by atoms with Gasteiger partial charge in [-0.25, -0.2) is 0 Å². The fourth-order valence-corrected chi connectivity index (χ4v) is 2.69. The lowest BCUT2D eigenvalue weighted by Crippen LogP contribution is -3.12. The van der Waals surface area contributed by atoms with Gasteiger partial charge in [-0.1, -0.05) is 18.2 Å². The Balaban J connectivity index is 1.71. The lowest BCUT2D eigenvalue weighted by molar-refractivity contribution is -0.890. The smallest absolute Gasteiger partial charge is 0.279 e. The van der Waals surface area contributed by atoms with E-state index < -0.39 is 0 Å². The fourth-order valence-electron chi connectivity index (χ4n) is 2.69. The van der Waals surface area contributed by atoms with Crippen LogP contribution < -0.4 is 20.3 Å². The Morgan fingerprint density at radius 1 is 0.963 bits per heavy atom. The van der Waals surface area contributed by atoms with E-state index in [1.165, 1.54) is 11.8 Å². The Morgan fingerprint density at radius 2 is 1.59 bits per heavy atom. The van der Waals surface area contributed by atoms with Crippen LogP contribution in [0.1, 0.15) is 20.3 Å². The molecule has 2 rings (SSSR count). The standard InChI is InChI=1S/C21H27N3O3/c1-3-24(14-7-15-27-20-8-5-4-6-9-20)16-21(26)23-19-12-10-18(11-13-19)22-17(2)25/h4-6,8-13H,3,7,14-16H2,1-2H3,(H,22,25)(H,23,26)/p+1. The Kier molecular flexibility index (Phi) is 8.32. The molecule has 0 bridgehead atoms. The number of ether oxygens (including phenoxy) is 1. The minimum absolute atomic E-state index is 0.0249. The molecule has 0 fully saturated rings. The van der Waals surface area contributed by atoms with Gasteiger partial charge >= 0.3 is 0 Å². The quantitative estimate of drug-likeness (QED) is 0.560. The van der Waals surface area contributed by atoms with E-state index in [0.717, 1.165) is 30.9 Å². The van der Waals surface area contributed by atoms with Crippen LogP contribution in [-0.2, 0) is 9.59 Å². The maximum Gasteiger partial charge on any atom is 0.279 e. The number of likely N-dealkylation sites (N-methyl/N-ethyl adjacent to an activating group) is 1. The normalized spacial score (nSPS) is 11.5. The van der Waals surface area contributed by atoms with E-state index in [0.29, 0.717) is 18.8 Å². The number of benzene rings is 2. The summed E-state index contributed by atoms with van der Waals surface area (Å²) in [5, 5.41) is 5.60. The average Bonchev–Trinajstić information content (AvgIpc) is 2.66. The van der Waals surface area contributed by atoms with Crippen LogP contribution in [0.5, 0.6) is 5.75 Å². The summed E-state index contributed by atoms with van der Waals surface area (Å²) in [6.45, 7) is 6.33. The highest BCUT2D eigenvalue weighted by Crippen LogP contribution is 2.13. The first-order valence-corrected chi connectivity index (χ1v) is 9.25. The summed E-state index contributed by atoms with van der Waals surface area (Å²) in [6.07, 6.45) is 0.886. The van der Waals surface area contributed by atoms with Crippen molar-refractivity contribution in [1.29, 1.82) is 0 Å². The van der Waals surface area contributed by atoms with Crippen molar-refractivity contribution in [2.75, 3.05) is 36.9 Å². The molecule has 2 amide bonds. The maximum absolute atomic E-state index is 12.3. The number of amides is 2. The van der Waals surface area contributed by atoms with Crippen LogP contribution in [-0.4, -0.2) is 38.1 Å². The molecule has 0 radical (unpaired) electrons. The summed E-state index contributed by atoms with van der Waals surface area (Å²) in [5.74, 6) is 0.726. The van der Waals surface area contributed by atoms with E-state index >= 15 is 0 Å². The van der Waals surface area contributed by atoms with Crippen molar-refractivity contribution in [3.8, 4) is 5.75 Å². The van der Waals surface area contributed by atoms with Gasteiger partial charge in [0.2, 0.25) is 5.91 Å². The zero-order valence-electron chi connectivity index (χ0n) is 16.0. The molecule has 27 heavy (non-hydrogen) atoms. The van der Waals surface area contributed by atoms with Crippen LogP contribution in [0.15, 0.2) is 54.6 Å². The predicted octanol–water partition coefficient (Wildman–Crippen LogP) is 1.96. The molecule has 0 aliphatic rings. The van der Waals surface area contributed by atoms with E-state index in [2.05, 4.69) is 17.6 Å². The number of quaternary nitrogens is 1. The van der Waals surface area contributed by atoms with E-state index in [1.807, 2.05) is 30.3 Å². The Labute approximate surface area is 160 Å². The van der Waals surface area contributed by atoms with Gasteiger partial charge in [0.1, 0.15) is 5.75 Å². The molecule has 144 valence electrons. The number of hydrogen-bond donors (Lipinski definition) is 3. The van der Waals surface area contributed by atoms with E-state index in [4.69, 9.17) is 4.74 Å². The molecule has 0 aliphatic heterocycles. The number of rotatable bonds is 10. The number of para-hydroxylation sites is 1. The first-order valence-electron chi connectivity index (χ1n) is 9.25. The van der Waals surface area contributed by atoms with Gasteiger partial charge in [0.15, 0.2) is 6.54 Å². The second kappa shape index (κ2) is 11.0. The molecular weight excluding hydrogens is 342 g/mol. The number of anilines is 2. The summed E-state index contributed by atoms with van der Waals surface area (Å²) in [5.41, 5.74) is 1.43. The summed E-state index contributed by atoms with van der Waals surface area (Å²) >= 11 is 0. The molecule has 0 heterocycles. The van der Waals surface area contributed by atoms with Crippen molar-refractivity contribution in [2.24, 2.45) is 0 Å². The fraction of sp³-hybridized carbons (Fsp3) is 0.333. The molecule has 0 aliphatic carbocycles. The third-order valence-electron chi connectivity index (χ3n) is 4.09. The summed E-state index contributed by atoms with van der Waals surface area (Å²) in [6, 6.07) is 16.8. The third-order valence-corrected chi connectivity index (χ3v) is 4.09. The molecule has 0 aromatic heterocycles. The lowest BCUT2D eigenvalue weighted by atomic mass is 10.2. The van der Waals surface area contributed by atoms with Crippen LogP contribution in [0, 0.1) is 0 Å². The molecule has 3 N–H and O–H groups in total. The maximum atomic E-state index is 12.3. The SMILES string of the molecule is CC[NH+](CCCOc1ccccc1)CC(=O)Nc1ccc(NC(C)=O)cc1. The van der Waals surface area contributed by atoms with Crippen LogP contribution in [0.25, 0.3) is 0 Å². The second-order valence-electron chi connectivity index (χ2n) is 6.35. The molecule has 6 nitrogen and oxygen atoms in total. The van der Waals surface area contributed by atoms with Gasteiger partial charge in [-0.2, -0.15) is 0 Å². The van der Waals surface area contributed by atoms with E-state index in [9.17, 15) is 9.59 Å². The monoisotopic (exact) mass is 370 g/mol. The molecule has 2 aromatic rings. The van der Waals surface area contributed by atoms with Crippen molar-refractivity contribution in [3.05, 3.63) is 54.6 Å². The van der Waals surface area contributed by atoms with Crippen LogP contribution in [0.3, 0.4) is 0 Å². The predicted molar refractivity (Wildman–Crippen MR) is 107 cm³/mol. The highest BCUT2D eigenvalue weighted by molar-refractivity contribution is 5.92. The summed E-state index contributed by atoms with van der Waals surface area (Å²) < 4.78 is 5.70. The topological polar surface area (TPSA) is 71.9 Å². The Bertz CT molecular complexity index is 717. The number of hydrogen-bond acceptors (Lipinski definition) is 3. The van der Waals surface area contributed by atoms with Gasteiger partial charge in [-0.15, -0.1) is 0 Å². The van der Waals surface area contributed by atoms with Gasteiger partial charge in [0.25, 0.3) is 5.91 Å². The van der Waals surface area contributed by atoms with Crippen molar-refractivity contribution in [1.82, 2.24) is 0 Å². The first kappa shape index (κ1) is 20.5. The van der Waals surface area contributed by atoms with Gasteiger partial charge in [0.05, 0.1) is 19.7 Å². The van der Waals surface area contributed by atoms with Crippen molar-refractivity contribution in [2.45, 2.75) is 20.3 Å². The second-order valence-corrected chi connectivity index (χ2v) is 6.35. The number of carbonyl (C=O) groups excluding carboxylic acids is 2. The lowest BCUT2D eigenvalue weighted by Gasteiger charge is -2.17. The molecule has 6 heteroatoms. The van der Waals surface area contributed by atoms with Crippen molar-refractivity contribution < 1.29 is 19.2 Å².